The summed E-state index contributed by atoms with van der Waals surface area (Å²) >= 11 is 11.6. The maximum absolute atomic E-state index is 12.0. The number of Topliss-reactive ketones (excluding diaryl/α,β-unsaturated/α-hetero) is 2. The van der Waals surface area contributed by atoms with E-state index < -0.39 is 0 Å². The van der Waals surface area contributed by atoms with Crippen molar-refractivity contribution in [3.05, 3.63) is 45.0 Å². The summed E-state index contributed by atoms with van der Waals surface area (Å²) in [5.41, 5.74) is 1.77. The van der Waals surface area contributed by atoms with E-state index >= 15 is 0 Å². The van der Waals surface area contributed by atoms with Crippen molar-refractivity contribution in [2.75, 3.05) is 0 Å². The molecule has 0 bridgehead atoms. The minimum atomic E-state index is -0.374. The summed E-state index contributed by atoms with van der Waals surface area (Å²) in [6.45, 7) is 2.14. The van der Waals surface area contributed by atoms with Crippen molar-refractivity contribution in [3.63, 3.8) is 0 Å². The summed E-state index contributed by atoms with van der Waals surface area (Å²) < 4.78 is 0. The van der Waals surface area contributed by atoms with Gasteiger partial charge in [-0.15, -0.1) is 0 Å². The van der Waals surface area contributed by atoms with Crippen LogP contribution < -0.4 is 0 Å². The number of aryl methyl sites for hydroxylation is 1. The lowest BCUT2D eigenvalue weighted by atomic mass is 9.91. The number of hydrogen-bond donors (Lipinski definition) is 0. The first-order valence-corrected chi connectivity index (χ1v) is 7.09. The number of ketones is 2. The highest BCUT2D eigenvalue weighted by atomic mass is 35.5. The van der Waals surface area contributed by atoms with Crippen molar-refractivity contribution < 1.29 is 9.59 Å². The summed E-state index contributed by atoms with van der Waals surface area (Å²) in [6.07, 6.45) is 4.27. The van der Waals surface area contributed by atoms with Crippen LogP contribution in [0.1, 0.15) is 52.5 Å². The molecule has 1 aromatic carbocycles. The van der Waals surface area contributed by atoms with E-state index in [-0.39, 0.29) is 21.6 Å². The maximum Gasteiger partial charge on any atom is 0.206 e. The van der Waals surface area contributed by atoms with Crippen LogP contribution in [0.25, 0.3) is 0 Å². The Kier molecular flexibility index (Phi) is 4.43. The van der Waals surface area contributed by atoms with Crippen LogP contribution in [0, 0.1) is 0 Å². The second-order valence-electron chi connectivity index (χ2n) is 4.62. The standard InChI is InChI=1S/C15H14Cl2O2/c1-2-3-4-5-9-6-7-10-11(8-9)15(19)13(17)12(16)14(10)18/h6-8H,2-5H2,1H3. The highest BCUT2D eigenvalue weighted by Gasteiger charge is 2.30. The van der Waals surface area contributed by atoms with Crippen molar-refractivity contribution in [2.24, 2.45) is 0 Å². The number of fused-ring (bicyclic) bond motifs is 1. The quantitative estimate of drug-likeness (QED) is 0.767. The fourth-order valence-electron chi connectivity index (χ4n) is 2.15. The first kappa shape index (κ1) is 14.3. The Labute approximate surface area is 122 Å². The van der Waals surface area contributed by atoms with Crippen LogP contribution in [-0.2, 0) is 6.42 Å². The second-order valence-corrected chi connectivity index (χ2v) is 5.38. The largest absolute Gasteiger partial charge is 0.288 e. The van der Waals surface area contributed by atoms with Crippen LogP contribution >= 0.6 is 23.2 Å². The molecule has 0 saturated carbocycles. The molecule has 0 aromatic heterocycles. The van der Waals surface area contributed by atoms with E-state index in [9.17, 15) is 9.59 Å². The molecule has 0 N–H and O–H groups in total. The number of halogens is 2. The molecule has 0 fully saturated rings. The number of unbranched alkanes of at least 4 members (excludes halogenated alkanes) is 2. The second kappa shape index (κ2) is 5.89. The van der Waals surface area contributed by atoms with Crippen molar-refractivity contribution in [1.82, 2.24) is 0 Å². The number of allylic oxidation sites excluding steroid dienone is 2. The number of carbonyl (C=O) groups excluding carboxylic acids is 2. The lowest BCUT2D eigenvalue weighted by molar-refractivity contribution is 0.0987. The fraction of sp³-hybridized carbons (Fsp3) is 0.333. The number of carbonyl (C=O) groups is 2. The molecule has 0 spiro atoms. The van der Waals surface area contributed by atoms with Gasteiger partial charge in [0, 0.05) is 11.1 Å². The van der Waals surface area contributed by atoms with Gasteiger partial charge in [-0.1, -0.05) is 49.0 Å². The van der Waals surface area contributed by atoms with Crippen molar-refractivity contribution in [1.29, 1.82) is 0 Å². The van der Waals surface area contributed by atoms with Crippen molar-refractivity contribution >= 4 is 34.8 Å². The zero-order valence-electron chi connectivity index (χ0n) is 10.6. The zero-order valence-corrected chi connectivity index (χ0v) is 12.1. The first-order valence-electron chi connectivity index (χ1n) is 6.33. The van der Waals surface area contributed by atoms with Gasteiger partial charge in [-0.05, 0) is 30.5 Å². The Morgan fingerprint density at radius 3 is 2.21 bits per heavy atom. The zero-order chi connectivity index (χ0) is 14.0. The monoisotopic (exact) mass is 296 g/mol. The molecule has 0 radical (unpaired) electrons. The van der Waals surface area contributed by atoms with Gasteiger partial charge in [-0.2, -0.15) is 0 Å². The Balaban J connectivity index is 2.33. The van der Waals surface area contributed by atoms with Crippen LogP contribution in [0.3, 0.4) is 0 Å². The molecule has 0 unspecified atom stereocenters. The van der Waals surface area contributed by atoms with Gasteiger partial charge in [0.15, 0.2) is 0 Å². The smallest absolute Gasteiger partial charge is 0.206 e. The molecule has 2 rings (SSSR count). The SMILES string of the molecule is CCCCCc1ccc2c(c1)C(=O)C(Cl)=C(Cl)C2=O. The van der Waals surface area contributed by atoms with Gasteiger partial charge in [0.05, 0.1) is 0 Å². The summed E-state index contributed by atoms with van der Waals surface area (Å²) in [5, 5.41) is -0.359. The Morgan fingerprint density at radius 1 is 0.947 bits per heavy atom. The molecule has 2 nitrogen and oxygen atoms in total. The van der Waals surface area contributed by atoms with Crippen molar-refractivity contribution in [2.45, 2.75) is 32.6 Å². The Bertz CT molecular complexity index is 574. The van der Waals surface area contributed by atoms with Gasteiger partial charge in [-0.25, -0.2) is 0 Å². The van der Waals surface area contributed by atoms with Crippen LogP contribution in [0.15, 0.2) is 28.3 Å². The molecule has 1 aliphatic rings. The molecule has 100 valence electrons. The molecule has 0 saturated heterocycles. The number of hydrogen-bond acceptors (Lipinski definition) is 2. The van der Waals surface area contributed by atoms with Crippen LogP contribution in [0.5, 0.6) is 0 Å². The summed E-state index contributed by atoms with van der Waals surface area (Å²) in [5.74, 6) is -0.736. The fourth-order valence-corrected chi connectivity index (χ4v) is 2.52. The average molecular weight is 297 g/mol. The minimum absolute atomic E-state index is 0.176. The number of rotatable bonds is 4. The highest BCUT2D eigenvalue weighted by molar-refractivity contribution is 6.59. The molecule has 0 atom stereocenters. The molecular formula is C15H14Cl2O2. The van der Waals surface area contributed by atoms with E-state index in [0.29, 0.717) is 11.1 Å². The van der Waals surface area contributed by atoms with Crippen molar-refractivity contribution in [3.8, 4) is 0 Å². The molecule has 4 heteroatoms. The number of benzene rings is 1. The lowest BCUT2D eigenvalue weighted by Crippen LogP contribution is -2.18. The third-order valence-corrected chi connectivity index (χ3v) is 4.05. The summed E-state index contributed by atoms with van der Waals surface area (Å²) in [7, 11) is 0. The maximum atomic E-state index is 12.0. The van der Waals surface area contributed by atoms with E-state index in [0.717, 1.165) is 31.2 Å². The third-order valence-electron chi connectivity index (χ3n) is 3.23. The normalized spacial score (nSPS) is 14.9. The van der Waals surface area contributed by atoms with E-state index in [2.05, 4.69) is 6.92 Å². The van der Waals surface area contributed by atoms with Gasteiger partial charge in [0.1, 0.15) is 10.1 Å². The molecule has 0 amide bonds. The minimum Gasteiger partial charge on any atom is -0.288 e. The molecular weight excluding hydrogens is 283 g/mol. The van der Waals surface area contributed by atoms with E-state index in [4.69, 9.17) is 23.2 Å². The highest BCUT2D eigenvalue weighted by Crippen LogP contribution is 2.31. The first-order chi connectivity index (χ1) is 9.06. The van der Waals surface area contributed by atoms with Gasteiger partial charge in [0.2, 0.25) is 11.6 Å². The molecule has 0 heterocycles. The van der Waals surface area contributed by atoms with E-state index in [1.165, 1.54) is 0 Å². The summed E-state index contributed by atoms with van der Waals surface area (Å²) in [6, 6.07) is 5.31. The molecule has 1 aliphatic carbocycles. The molecule has 0 aliphatic heterocycles. The Morgan fingerprint density at radius 2 is 1.58 bits per heavy atom. The van der Waals surface area contributed by atoms with Gasteiger partial charge >= 0.3 is 0 Å². The summed E-state index contributed by atoms with van der Waals surface area (Å²) in [4.78, 5) is 23.9. The lowest BCUT2D eigenvalue weighted by Gasteiger charge is -2.15. The van der Waals surface area contributed by atoms with E-state index in [1.54, 1.807) is 12.1 Å². The van der Waals surface area contributed by atoms with Gasteiger partial charge in [0.25, 0.3) is 0 Å². The predicted octanol–water partition coefficient (Wildman–Crippen LogP) is 4.49. The Hall–Kier alpha value is -1.12. The average Bonchev–Trinajstić information content (AvgIpc) is 2.43. The van der Waals surface area contributed by atoms with Gasteiger partial charge < -0.3 is 0 Å². The topological polar surface area (TPSA) is 34.1 Å². The molecule has 1 aromatic rings. The predicted molar refractivity (Wildman–Crippen MR) is 77.1 cm³/mol. The molecule has 19 heavy (non-hydrogen) atoms. The third kappa shape index (κ3) is 2.75. The van der Waals surface area contributed by atoms with Crippen LogP contribution in [0.4, 0.5) is 0 Å². The van der Waals surface area contributed by atoms with Crippen LogP contribution in [-0.4, -0.2) is 11.6 Å². The van der Waals surface area contributed by atoms with E-state index in [1.807, 2.05) is 6.07 Å². The van der Waals surface area contributed by atoms with Crippen LogP contribution in [0.2, 0.25) is 0 Å². The van der Waals surface area contributed by atoms with Gasteiger partial charge in [-0.3, -0.25) is 9.59 Å².